The van der Waals surface area contributed by atoms with Gasteiger partial charge in [0, 0.05) is 26.2 Å². The molecule has 1 saturated heterocycles. The number of carbonyl (C=O) groups is 1. The van der Waals surface area contributed by atoms with Crippen LogP contribution in [0.3, 0.4) is 0 Å². The van der Waals surface area contributed by atoms with E-state index in [-0.39, 0.29) is 24.1 Å². The Balaban J connectivity index is 0.00000162. The van der Waals surface area contributed by atoms with Gasteiger partial charge in [-0.15, -0.1) is 12.4 Å². The van der Waals surface area contributed by atoms with Crippen LogP contribution in [0.5, 0.6) is 5.75 Å². The number of aromatic hydroxyl groups is 1. The van der Waals surface area contributed by atoms with E-state index >= 15 is 0 Å². The predicted octanol–water partition coefficient (Wildman–Crippen LogP) is 1.10. The highest BCUT2D eigenvalue weighted by atomic mass is 35.5. The van der Waals surface area contributed by atoms with Gasteiger partial charge in [-0.05, 0) is 24.1 Å². The normalized spacial score (nSPS) is 15.1. The number of aryl methyl sites for hydroxylation is 1. The maximum absolute atomic E-state index is 12.0. The zero-order chi connectivity index (χ0) is 12.3. The quantitative estimate of drug-likeness (QED) is 0.846. The Kier molecular flexibility index (Phi) is 5.44. The molecule has 18 heavy (non-hydrogen) atoms. The number of phenolic OH excluding ortho intramolecular Hbond substituents is 1. The molecule has 0 spiro atoms. The molecular weight excluding hydrogens is 252 g/mol. The third kappa shape index (κ3) is 3.62. The van der Waals surface area contributed by atoms with E-state index in [4.69, 9.17) is 0 Å². The van der Waals surface area contributed by atoms with E-state index in [1.807, 2.05) is 24.0 Å². The Labute approximate surface area is 113 Å². The minimum absolute atomic E-state index is 0. The first-order valence-corrected chi connectivity index (χ1v) is 5.94. The predicted molar refractivity (Wildman–Crippen MR) is 73.2 cm³/mol. The third-order valence-corrected chi connectivity index (χ3v) is 3.10. The highest BCUT2D eigenvalue weighted by molar-refractivity contribution is 5.85. The van der Waals surface area contributed by atoms with Gasteiger partial charge >= 0.3 is 0 Å². The van der Waals surface area contributed by atoms with Crippen molar-refractivity contribution in [3.8, 4) is 5.75 Å². The SMILES string of the molecule is Cc1ccc(CC(=O)N2CCNCC2)cc1O.Cl. The Morgan fingerprint density at radius 3 is 2.67 bits per heavy atom. The molecule has 0 aliphatic carbocycles. The average Bonchev–Trinajstić information content (AvgIpc) is 2.35. The van der Waals surface area contributed by atoms with E-state index in [9.17, 15) is 9.90 Å². The minimum atomic E-state index is 0. The van der Waals surface area contributed by atoms with Crippen LogP contribution in [0.25, 0.3) is 0 Å². The van der Waals surface area contributed by atoms with Gasteiger partial charge in [-0.25, -0.2) is 0 Å². The first-order valence-electron chi connectivity index (χ1n) is 5.94. The van der Waals surface area contributed by atoms with Crippen molar-refractivity contribution in [2.45, 2.75) is 13.3 Å². The van der Waals surface area contributed by atoms with Gasteiger partial charge < -0.3 is 15.3 Å². The van der Waals surface area contributed by atoms with Gasteiger partial charge in [0.25, 0.3) is 0 Å². The number of hydrogen-bond acceptors (Lipinski definition) is 3. The van der Waals surface area contributed by atoms with Crippen molar-refractivity contribution in [2.24, 2.45) is 0 Å². The van der Waals surface area contributed by atoms with E-state index < -0.39 is 0 Å². The molecule has 1 aromatic rings. The molecule has 0 saturated carbocycles. The number of amides is 1. The first-order chi connectivity index (χ1) is 8.16. The summed E-state index contributed by atoms with van der Waals surface area (Å²) >= 11 is 0. The van der Waals surface area contributed by atoms with Crippen LogP contribution < -0.4 is 5.32 Å². The number of piperazine rings is 1. The Morgan fingerprint density at radius 1 is 1.39 bits per heavy atom. The van der Waals surface area contributed by atoms with Crippen LogP contribution in [-0.4, -0.2) is 42.1 Å². The summed E-state index contributed by atoms with van der Waals surface area (Å²) in [5.41, 5.74) is 1.71. The molecule has 1 fully saturated rings. The van der Waals surface area contributed by atoms with Crippen LogP contribution in [0.2, 0.25) is 0 Å². The lowest BCUT2D eigenvalue weighted by Gasteiger charge is -2.27. The maximum atomic E-state index is 12.0. The van der Waals surface area contributed by atoms with Crippen LogP contribution in [0.1, 0.15) is 11.1 Å². The largest absolute Gasteiger partial charge is 0.508 e. The second-order valence-corrected chi connectivity index (χ2v) is 4.43. The highest BCUT2D eigenvalue weighted by Crippen LogP contribution is 2.18. The van der Waals surface area contributed by atoms with E-state index in [1.165, 1.54) is 0 Å². The molecule has 1 aliphatic rings. The molecule has 1 aromatic carbocycles. The van der Waals surface area contributed by atoms with Crippen molar-refractivity contribution in [3.63, 3.8) is 0 Å². The molecule has 2 N–H and O–H groups in total. The fourth-order valence-electron chi connectivity index (χ4n) is 1.97. The zero-order valence-electron chi connectivity index (χ0n) is 10.5. The van der Waals surface area contributed by atoms with Gasteiger partial charge in [0.15, 0.2) is 0 Å². The molecule has 4 nitrogen and oxygen atoms in total. The first kappa shape index (κ1) is 14.8. The standard InChI is InChI=1S/C13H18N2O2.ClH/c1-10-2-3-11(8-12(10)16)9-13(17)15-6-4-14-5-7-15;/h2-3,8,14,16H,4-7,9H2,1H3;1H. The summed E-state index contributed by atoms with van der Waals surface area (Å²) in [6, 6.07) is 5.42. The Morgan fingerprint density at radius 2 is 2.06 bits per heavy atom. The monoisotopic (exact) mass is 270 g/mol. The lowest BCUT2D eigenvalue weighted by Crippen LogP contribution is -2.46. The molecule has 1 amide bonds. The topological polar surface area (TPSA) is 52.6 Å². The number of hydrogen-bond donors (Lipinski definition) is 2. The summed E-state index contributed by atoms with van der Waals surface area (Å²) in [6.45, 7) is 5.13. The zero-order valence-corrected chi connectivity index (χ0v) is 11.3. The summed E-state index contributed by atoms with van der Waals surface area (Å²) in [4.78, 5) is 13.8. The fraction of sp³-hybridized carbons (Fsp3) is 0.462. The Hall–Kier alpha value is -1.26. The highest BCUT2D eigenvalue weighted by Gasteiger charge is 2.16. The third-order valence-electron chi connectivity index (χ3n) is 3.10. The molecule has 0 unspecified atom stereocenters. The Bertz CT molecular complexity index is 417. The summed E-state index contributed by atoms with van der Waals surface area (Å²) in [6.07, 6.45) is 0.369. The van der Waals surface area contributed by atoms with Gasteiger partial charge in [-0.2, -0.15) is 0 Å². The second kappa shape index (κ2) is 6.61. The maximum Gasteiger partial charge on any atom is 0.227 e. The number of phenols is 1. The molecule has 2 rings (SSSR count). The van der Waals surface area contributed by atoms with Crippen molar-refractivity contribution in [1.29, 1.82) is 0 Å². The van der Waals surface area contributed by atoms with Crippen molar-refractivity contribution in [2.75, 3.05) is 26.2 Å². The van der Waals surface area contributed by atoms with Crippen molar-refractivity contribution >= 4 is 18.3 Å². The molecule has 1 heterocycles. The molecule has 100 valence electrons. The number of nitrogens with one attached hydrogen (secondary N) is 1. The van der Waals surface area contributed by atoms with Crippen LogP contribution >= 0.6 is 12.4 Å². The number of nitrogens with zero attached hydrogens (tertiary/aromatic N) is 1. The van der Waals surface area contributed by atoms with Crippen LogP contribution in [0.4, 0.5) is 0 Å². The lowest BCUT2D eigenvalue weighted by atomic mass is 10.1. The van der Waals surface area contributed by atoms with Gasteiger partial charge in [-0.3, -0.25) is 4.79 Å². The fourth-order valence-corrected chi connectivity index (χ4v) is 1.97. The van der Waals surface area contributed by atoms with Crippen molar-refractivity contribution in [1.82, 2.24) is 10.2 Å². The molecule has 0 aromatic heterocycles. The van der Waals surface area contributed by atoms with Crippen LogP contribution in [0, 0.1) is 6.92 Å². The lowest BCUT2D eigenvalue weighted by molar-refractivity contribution is -0.131. The van der Waals surface area contributed by atoms with Gasteiger partial charge in [0.1, 0.15) is 5.75 Å². The molecule has 0 radical (unpaired) electrons. The van der Waals surface area contributed by atoms with Crippen LogP contribution in [0.15, 0.2) is 18.2 Å². The van der Waals surface area contributed by atoms with Crippen LogP contribution in [-0.2, 0) is 11.2 Å². The van der Waals surface area contributed by atoms with Gasteiger partial charge in [-0.1, -0.05) is 12.1 Å². The van der Waals surface area contributed by atoms with E-state index in [1.54, 1.807) is 6.07 Å². The average molecular weight is 271 g/mol. The van der Waals surface area contributed by atoms with Crippen molar-refractivity contribution in [3.05, 3.63) is 29.3 Å². The molecule has 5 heteroatoms. The van der Waals surface area contributed by atoms with Gasteiger partial charge in [0.2, 0.25) is 5.91 Å². The van der Waals surface area contributed by atoms with Gasteiger partial charge in [0.05, 0.1) is 6.42 Å². The molecule has 0 atom stereocenters. The number of rotatable bonds is 2. The second-order valence-electron chi connectivity index (χ2n) is 4.43. The van der Waals surface area contributed by atoms with Crippen molar-refractivity contribution < 1.29 is 9.90 Å². The van der Waals surface area contributed by atoms with E-state index in [2.05, 4.69) is 5.32 Å². The van der Waals surface area contributed by atoms with E-state index in [0.29, 0.717) is 6.42 Å². The molecular formula is C13H19ClN2O2. The summed E-state index contributed by atoms with van der Waals surface area (Å²) < 4.78 is 0. The van der Waals surface area contributed by atoms with E-state index in [0.717, 1.165) is 37.3 Å². The molecule has 0 bridgehead atoms. The summed E-state index contributed by atoms with van der Waals surface area (Å²) in [7, 11) is 0. The smallest absolute Gasteiger partial charge is 0.227 e. The minimum Gasteiger partial charge on any atom is -0.508 e. The number of halogens is 1. The summed E-state index contributed by atoms with van der Waals surface area (Å²) in [5.74, 6) is 0.394. The molecule has 1 aliphatic heterocycles. The number of carbonyl (C=O) groups excluding carboxylic acids is 1. The number of benzene rings is 1. The summed E-state index contributed by atoms with van der Waals surface area (Å²) in [5, 5.41) is 12.8.